The van der Waals surface area contributed by atoms with Gasteiger partial charge in [-0.15, -0.1) is 0 Å². The molecule has 6 heteroatoms. The molecule has 0 N–H and O–H groups in total. The third kappa shape index (κ3) is 2.06. The lowest BCUT2D eigenvalue weighted by atomic mass is 10.1. The monoisotopic (exact) mass is 258 g/mol. The zero-order valence-electron chi connectivity index (χ0n) is 6.83. The van der Waals surface area contributed by atoms with E-state index in [0.29, 0.717) is 0 Å². The van der Waals surface area contributed by atoms with Crippen molar-refractivity contribution in [2.75, 3.05) is 0 Å². The molecule has 0 radical (unpaired) electrons. The van der Waals surface area contributed by atoms with Gasteiger partial charge in [0, 0.05) is 11.6 Å². The van der Waals surface area contributed by atoms with Gasteiger partial charge in [-0.1, -0.05) is 0 Å². The number of rotatable bonds is 2. The van der Waals surface area contributed by atoms with Gasteiger partial charge in [0.2, 0.25) is 0 Å². The highest BCUT2D eigenvalue weighted by Gasteiger charge is 2.16. The maximum Gasteiger partial charge on any atom is 0.284 e. The summed E-state index contributed by atoms with van der Waals surface area (Å²) in [6, 6.07) is 3.78. The fraction of sp³-hybridized carbons (Fsp3) is 0.125. The molecule has 0 saturated carbocycles. The van der Waals surface area contributed by atoms with Crippen molar-refractivity contribution in [1.82, 2.24) is 0 Å². The number of nitriles is 1. The van der Waals surface area contributed by atoms with Gasteiger partial charge in [0.05, 0.1) is 21.9 Å². The fourth-order valence-electron chi connectivity index (χ4n) is 0.941. The molecule has 0 aromatic heterocycles. The van der Waals surface area contributed by atoms with E-state index in [1.54, 1.807) is 6.07 Å². The molecule has 0 fully saturated rings. The molecule has 4 nitrogen and oxygen atoms in total. The van der Waals surface area contributed by atoms with Crippen molar-refractivity contribution in [3.05, 3.63) is 38.1 Å². The van der Waals surface area contributed by atoms with Crippen LogP contribution in [0.4, 0.5) is 10.1 Å². The summed E-state index contributed by atoms with van der Waals surface area (Å²) in [4.78, 5) is 9.83. The van der Waals surface area contributed by atoms with Gasteiger partial charge < -0.3 is 0 Å². The van der Waals surface area contributed by atoms with E-state index in [1.807, 2.05) is 0 Å². The van der Waals surface area contributed by atoms with Crippen molar-refractivity contribution >= 4 is 21.6 Å². The molecule has 0 aliphatic heterocycles. The Kier molecular flexibility index (Phi) is 3.14. The van der Waals surface area contributed by atoms with Gasteiger partial charge in [0.25, 0.3) is 5.69 Å². The first-order valence-electron chi connectivity index (χ1n) is 3.55. The summed E-state index contributed by atoms with van der Waals surface area (Å²) in [5.74, 6) is -0.621. The maximum absolute atomic E-state index is 13.1. The van der Waals surface area contributed by atoms with E-state index in [-0.39, 0.29) is 22.1 Å². The van der Waals surface area contributed by atoms with Gasteiger partial charge in [-0.05, 0) is 22.0 Å². The van der Waals surface area contributed by atoms with Gasteiger partial charge in [-0.25, -0.2) is 4.39 Å². The Morgan fingerprint density at radius 3 is 2.79 bits per heavy atom. The quantitative estimate of drug-likeness (QED) is 0.605. The molecule has 0 spiro atoms. The molecule has 0 atom stereocenters. The molecule has 0 saturated heterocycles. The van der Waals surface area contributed by atoms with Crippen LogP contribution in [0.15, 0.2) is 16.6 Å². The van der Waals surface area contributed by atoms with Crippen LogP contribution in [0, 0.1) is 27.3 Å². The molecule has 72 valence electrons. The van der Waals surface area contributed by atoms with Crippen LogP contribution >= 0.6 is 15.9 Å². The minimum absolute atomic E-state index is 0.0300. The molecule has 1 aromatic carbocycles. The summed E-state index contributed by atoms with van der Waals surface area (Å²) in [7, 11) is 0. The number of hydrogen-bond acceptors (Lipinski definition) is 3. The number of benzene rings is 1. The number of nitro groups is 1. The summed E-state index contributed by atoms with van der Waals surface area (Å²) in [5, 5.41) is 18.8. The first-order valence-corrected chi connectivity index (χ1v) is 4.35. The first-order chi connectivity index (χ1) is 6.56. The first kappa shape index (κ1) is 10.6. The van der Waals surface area contributed by atoms with E-state index in [1.165, 1.54) is 0 Å². The Bertz CT molecular complexity index is 428. The summed E-state index contributed by atoms with van der Waals surface area (Å²) in [5.41, 5.74) is -0.209. The second-order valence-electron chi connectivity index (χ2n) is 2.49. The average molecular weight is 259 g/mol. The van der Waals surface area contributed by atoms with Gasteiger partial charge in [0.1, 0.15) is 5.82 Å². The average Bonchev–Trinajstić information content (AvgIpc) is 2.09. The molecule has 0 unspecified atom stereocenters. The highest BCUT2D eigenvalue weighted by Crippen LogP contribution is 2.27. The van der Waals surface area contributed by atoms with Crippen LogP contribution in [0.1, 0.15) is 5.56 Å². The lowest BCUT2D eigenvalue weighted by Crippen LogP contribution is -1.95. The Morgan fingerprint density at radius 1 is 1.64 bits per heavy atom. The number of halogens is 2. The minimum atomic E-state index is -0.635. The zero-order valence-corrected chi connectivity index (χ0v) is 8.41. The van der Waals surface area contributed by atoms with E-state index < -0.39 is 10.7 Å². The molecular formula is C8H4BrFN2O2. The second kappa shape index (κ2) is 4.15. The molecule has 0 amide bonds. The maximum atomic E-state index is 13.1. The lowest BCUT2D eigenvalue weighted by molar-refractivity contribution is -0.385. The van der Waals surface area contributed by atoms with Gasteiger partial charge in [0.15, 0.2) is 0 Å². The fourth-order valence-corrected chi connectivity index (χ4v) is 1.40. The van der Waals surface area contributed by atoms with Crippen LogP contribution in [0.3, 0.4) is 0 Å². The Labute approximate surface area is 87.2 Å². The molecular weight excluding hydrogens is 255 g/mol. The molecule has 1 rings (SSSR count). The standard InChI is InChI=1S/C8H4BrFN2O2/c9-6-4-7(10)5(1-2-11)3-8(6)12(13)14/h3-4H,1H2. The topological polar surface area (TPSA) is 66.9 Å². The normalized spacial score (nSPS) is 9.50. The van der Waals surface area contributed by atoms with Crippen molar-refractivity contribution in [3.63, 3.8) is 0 Å². The van der Waals surface area contributed by atoms with Crippen LogP contribution in [-0.2, 0) is 6.42 Å². The molecule has 0 bridgehead atoms. The molecule has 0 aliphatic rings. The number of hydrogen-bond donors (Lipinski definition) is 0. The summed E-state index contributed by atoms with van der Waals surface area (Å²) < 4.78 is 13.1. The van der Waals surface area contributed by atoms with E-state index in [0.717, 1.165) is 12.1 Å². The Balaban J connectivity index is 3.28. The summed E-state index contributed by atoms with van der Waals surface area (Å²) >= 11 is 2.87. The van der Waals surface area contributed by atoms with Crippen LogP contribution in [0.5, 0.6) is 0 Å². The molecule has 14 heavy (non-hydrogen) atoms. The highest BCUT2D eigenvalue weighted by atomic mass is 79.9. The van der Waals surface area contributed by atoms with Crippen molar-refractivity contribution in [3.8, 4) is 6.07 Å². The lowest BCUT2D eigenvalue weighted by Gasteiger charge is -2.00. The third-order valence-electron chi connectivity index (χ3n) is 1.58. The van der Waals surface area contributed by atoms with Crippen molar-refractivity contribution in [1.29, 1.82) is 5.26 Å². The number of nitro benzene ring substituents is 1. The van der Waals surface area contributed by atoms with Gasteiger partial charge >= 0.3 is 0 Å². The van der Waals surface area contributed by atoms with Crippen molar-refractivity contribution < 1.29 is 9.31 Å². The van der Waals surface area contributed by atoms with E-state index >= 15 is 0 Å². The molecule has 0 heterocycles. The van der Waals surface area contributed by atoms with Crippen LogP contribution < -0.4 is 0 Å². The predicted octanol–water partition coefficient (Wildman–Crippen LogP) is 2.56. The molecule has 1 aromatic rings. The SMILES string of the molecule is N#CCc1cc([N+](=O)[O-])c(Br)cc1F. The van der Waals surface area contributed by atoms with E-state index in [9.17, 15) is 14.5 Å². The smallest absolute Gasteiger partial charge is 0.258 e. The van der Waals surface area contributed by atoms with Crippen LogP contribution in [-0.4, -0.2) is 4.92 Å². The largest absolute Gasteiger partial charge is 0.284 e. The van der Waals surface area contributed by atoms with E-state index in [4.69, 9.17) is 5.26 Å². The van der Waals surface area contributed by atoms with Crippen LogP contribution in [0.25, 0.3) is 0 Å². The van der Waals surface area contributed by atoms with Crippen molar-refractivity contribution in [2.24, 2.45) is 0 Å². The zero-order chi connectivity index (χ0) is 10.7. The van der Waals surface area contributed by atoms with Crippen molar-refractivity contribution in [2.45, 2.75) is 6.42 Å². The van der Waals surface area contributed by atoms with Crippen LogP contribution in [0.2, 0.25) is 0 Å². The summed E-state index contributed by atoms with van der Waals surface area (Å²) in [6.07, 6.45) is -0.181. The number of nitrogens with zero attached hydrogens (tertiary/aromatic N) is 2. The minimum Gasteiger partial charge on any atom is -0.258 e. The van der Waals surface area contributed by atoms with Gasteiger partial charge in [-0.3, -0.25) is 10.1 Å². The third-order valence-corrected chi connectivity index (χ3v) is 2.22. The van der Waals surface area contributed by atoms with Gasteiger partial charge in [-0.2, -0.15) is 5.26 Å². The Hall–Kier alpha value is -1.48. The second-order valence-corrected chi connectivity index (χ2v) is 3.34. The highest BCUT2D eigenvalue weighted by molar-refractivity contribution is 9.10. The predicted molar refractivity (Wildman–Crippen MR) is 50.1 cm³/mol. The molecule has 0 aliphatic carbocycles. The van der Waals surface area contributed by atoms with E-state index in [2.05, 4.69) is 15.9 Å². The summed E-state index contributed by atoms with van der Waals surface area (Å²) in [6.45, 7) is 0. The Morgan fingerprint density at radius 2 is 2.29 bits per heavy atom.